The van der Waals surface area contributed by atoms with Gasteiger partial charge in [-0.3, -0.25) is 0 Å². The maximum absolute atomic E-state index is 10.1. The molecule has 0 spiro atoms. The minimum Gasteiger partial charge on any atom is -0.504 e. The smallest absolute Gasteiger partial charge is 0.160 e. The number of phenols is 2. The lowest BCUT2D eigenvalue weighted by atomic mass is 9.72. The van der Waals surface area contributed by atoms with Gasteiger partial charge in [-0.2, -0.15) is 0 Å². The molecule has 1 aromatic carbocycles. The van der Waals surface area contributed by atoms with Crippen LogP contribution in [-0.4, -0.2) is 10.2 Å². The Bertz CT molecular complexity index is 481. The second-order valence-electron chi connectivity index (χ2n) is 6.82. The average molecular weight is 274 g/mol. The van der Waals surface area contributed by atoms with Crippen LogP contribution in [0.5, 0.6) is 11.5 Å². The topological polar surface area (TPSA) is 40.5 Å². The fourth-order valence-electron chi connectivity index (χ4n) is 4.46. The van der Waals surface area contributed by atoms with Crippen molar-refractivity contribution in [2.24, 2.45) is 17.8 Å². The third-order valence-electron chi connectivity index (χ3n) is 5.49. The maximum Gasteiger partial charge on any atom is 0.160 e. The molecule has 2 aliphatic carbocycles. The third-order valence-corrected chi connectivity index (χ3v) is 5.49. The minimum absolute atomic E-state index is 0.0414. The van der Waals surface area contributed by atoms with Crippen LogP contribution in [0.1, 0.15) is 56.6 Å². The van der Waals surface area contributed by atoms with Crippen molar-refractivity contribution in [1.29, 1.82) is 0 Å². The van der Waals surface area contributed by atoms with E-state index in [4.69, 9.17) is 0 Å². The Labute approximate surface area is 121 Å². The number of hydrogen-bond acceptors (Lipinski definition) is 2. The van der Waals surface area contributed by atoms with Crippen LogP contribution in [0.15, 0.2) is 12.1 Å². The van der Waals surface area contributed by atoms with Crippen molar-refractivity contribution in [3.63, 3.8) is 0 Å². The molecule has 110 valence electrons. The zero-order valence-electron chi connectivity index (χ0n) is 12.4. The fraction of sp³-hybridized carbons (Fsp3) is 0.667. The SMILES string of the molecule is CCCC1CCCC2Cc3c(ccc(O)c3O)CC2C1. The fourth-order valence-corrected chi connectivity index (χ4v) is 4.46. The van der Waals surface area contributed by atoms with Crippen molar-refractivity contribution in [3.8, 4) is 11.5 Å². The lowest BCUT2D eigenvalue weighted by Crippen LogP contribution is -2.25. The van der Waals surface area contributed by atoms with Gasteiger partial charge in [0.2, 0.25) is 0 Å². The molecule has 20 heavy (non-hydrogen) atoms. The summed E-state index contributed by atoms with van der Waals surface area (Å²) in [7, 11) is 0. The molecule has 0 saturated heterocycles. The van der Waals surface area contributed by atoms with E-state index in [9.17, 15) is 10.2 Å². The molecule has 0 amide bonds. The molecule has 2 aliphatic rings. The Balaban J connectivity index is 1.83. The molecule has 0 heterocycles. The summed E-state index contributed by atoms with van der Waals surface area (Å²) in [4.78, 5) is 0. The van der Waals surface area contributed by atoms with Gasteiger partial charge >= 0.3 is 0 Å². The number of hydrogen-bond donors (Lipinski definition) is 2. The van der Waals surface area contributed by atoms with Crippen LogP contribution in [0.25, 0.3) is 0 Å². The molecule has 0 bridgehead atoms. The van der Waals surface area contributed by atoms with Gasteiger partial charge in [0.15, 0.2) is 11.5 Å². The Morgan fingerprint density at radius 3 is 2.75 bits per heavy atom. The maximum atomic E-state index is 10.1. The second-order valence-corrected chi connectivity index (χ2v) is 6.82. The zero-order chi connectivity index (χ0) is 14.1. The molecule has 1 aromatic rings. The van der Waals surface area contributed by atoms with E-state index in [1.54, 1.807) is 6.07 Å². The van der Waals surface area contributed by atoms with Crippen molar-refractivity contribution in [2.45, 2.75) is 58.3 Å². The van der Waals surface area contributed by atoms with E-state index in [0.717, 1.165) is 30.2 Å². The number of rotatable bonds is 2. The van der Waals surface area contributed by atoms with Gasteiger partial charge in [-0.1, -0.05) is 38.7 Å². The Morgan fingerprint density at radius 1 is 1.10 bits per heavy atom. The number of benzene rings is 1. The Morgan fingerprint density at radius 2 is 1.95 bits per heavy atom. The van der Waals surface area contributed by atoms with Crippen molar-refractivity contribution in [1.82, 2.24) is 0 Å². The van der Waals surface area contributed by atoms with Crippen LogP contribution in [0.2, 0.25) is 0 Å². The van der Waals surface area contributed by atoms with Crippen molar-refractivity contribution >= 4 is 0 Å². The quantitative estimate of drug-likeness (QED) is 0.784. The lowest BCUT2D eigenvalue weighted by molar-refractivity contribution is 0.258. The monoisotopic (exact) mass is 274 g/mol. The number of phenolic OH excluding ortho intramolecular Hbond substituents is 2. The van der Waals surface area contributed by atoms with Crippen LogP contribution < -0.4 is 0 Å². The van der Waals surface area contributed by atoms with Gasteiger partial charge in [-0.05, 0) is 55.1 Å². The van der Waals surface area contributed by atoms with Crippen LogP contribution in [0.4, 0.5) is 0 Å². The first-order chi connectivity index (χ1) is 9.69. The summed E-state index contributed by atoms with van der Waals surface area (Å²) < 4.78 is 0. The van der Waals surface area contributed by atoms with Gasteiger partial charge in [0.1, 0.15) is 0 Å². The molecule has 3 unspecified atom stereocenters. The van der Waals surface area contributed by atoms with E-state index in [1.807, 2.05) is 6.07 Å². The van der Waals surface area contributed by atoms with Crippen molar-refractivity contribution in [2.75, 3.05) is 0 Å². The highest BCUT2D eigenvalue weighted by molar-refractivity contribution is 5.50. The Hall–Kier alpha value is -1.18. The lowest BCUT2D eigenvalue weighted by Gasteiger charge is -2.33. The summed E-state index contributed by atoms with van der Waals surface area (Å²) in [6, 6.07) is 3.66. The molecule has 2 nitrogen and oxygen atoms in total. The summed E-state index contributed by atoms with van der Waals surface area (Å²) in [5, 5.41) is 19.8. The molecular weight excluding hydrogens is 248 g/mol. The van der Waals surface area contributed by atoms with Crippen LogP contribution in [-0.2, 0) is 12.8 Å². The first-order valence-corrected chi connectivity index (χ1v) is 8.21. The molecule has 2 heteroatoms. The third kappa shape index (κ3) is 2.53. The molecule has 1 fully saturated rings. The van der Waals surface area contributed by atoms with Gasteiger partial charge in [0.05, 0.1) is 0 Å². The second kappa shape index (κ2) is 5.67. The van der Waals surface area contributed by atoms with Gasteiger partial charge in [0.25, 0.3) is 0 Å². The van der Waals surface area contributed by atoms with E-state index < -0.39 is 0 Å². The molecular formula is C18H26O2. The minimum atomic E-state index is 0.0414. The van der Waals surface area contributed by atoms with Gasteiger partial charge in [0, 0.05) is 5.56 Å². The zero-order valence-corrected chi connectivity index (χ0v) is 12.4. The molecule has 0 radical (unpaired) electrons. The molecule has 3 atom stereocenters. The van der Waals surface area contributed by atoms with Crippen molar-refractivity contribution in [3.05, 3.63) is 23.3 Å². The predicted molar refractivity (Wildman–Crippen MR) is 81.0 cm³/mol. The molecule has 3 rings (SSSR count). The molecule has 0 aromatic heterocycles. The highest BCUT2D eigenvalue weighted by atomic mass is 16.3. The van der Waals surface area contributed by atoms with E-state index >= 15 is 0 Å². The predicted octanol–water partition coefficient (Wildman–Crippen LogP) is 4.42. The summed E-state index contributed by atoms with van der Waals surface area (Å²) in [6.45, 7) is 2.29. The first kappa shape index (κ1) is 13.8. The molecule has 2 N–H and O–H groups in total. The summed E-state index contributed by atoms with van der Waals surface area (Å²) in [5.74, 6) is 2.57. The van der Waals surface area contributed by atoms with E-state index in [2.05, 4.69) is 6.92 Å². The Kier molecular flexibility index (Phi) is 3.91. The van der Waals surface area contributed by atoms with E-state index in [0.29, 0.717) is 5.92 Å². The van der Waals surface area contributed by atoms with Gasteiger partial charge < -0.3 is 10.2 Å². The van der Waals surface area contributed by atoms with Crippen LogP contribution >= 0.6 is 0 Å². The molecule has 1 saturated carbocycles. The van der Waals surface area contributed by atoms with Crippen LogP contribution in [0.3, 0.4) is 0 Å². The normalized spacial score (nSPS) is 29.4. The summed E-state index contributed by atoms with van der Waals surface area (Å²) in [5.41, 5.74) is 2.28. The summed E-state index contributed by atoms with van der Waals surface area (Å²) in [6.07, 6.45) is 10.1. The highest BCUT2D eigenvalue weighted by Gasteiger charge is 2.33. The van der Waals surface area contributed by atoms with Crippen molar-refractivity contribution < 1.29 is 10.2 Å². The van der Waals surface area contributed by atoms with Gasteiger partial charge in [-0.25, -0.2) is 0 Å². The number of fused-ring (bicyclic) bond motifs is 2. The van der Waals surface area contributed by atoms with E-state index in [-0.39, 0.29) is 11.5 Å². The highest BCUT2D eigenvalue weighted by Crippen LogP contribution is 2.45. The van der Waals surface area contributed by atoms with E-state index in [1.165, 1.54) is 44.1 Å². The first-order valence-electron chi connectivity index (χ1n) is 8.21. The standard InChI is InChI=1S/C18H26O2/c1-2-4-12-5-3-6-13-11-16-14(10-15(13)9-12)7-8-17(19)18(16)20/h7-8,12-13,15,19-20H,2-6,9-11H2,1H3. The number of aromatic hydroxyl groups is 2. The molecule has 0 aliphatic heterocycles. The van der Waals surface area contributed by atoms with Crippen LogP contribution in [0, 0.1) is 17.8 Å². The average Bonchev–Trinajstić information content (AvgIpc) is 2.63. The summed E-state index contributed by atoms with van der Waals surface area (Å²) >= 11 is 0. The van der Waals surface area contributed by atoms with Gasteiger partial charge in [-0.15, -0.1) is 0 Å². The largest absolute Gasteiger partial charge is 0.504 e.